The van der Waals surface area contributed by atoms with E-state index >= 15 is 0 Å². The summed E-state index contributed by atoms with van der Waals surface area (Å²) in [7, 11) is -3.64. The van der Waals surface area contributed by atoms with Gasteiger partial charge in [-0.1, -0.05) is 6.07 Å². The summed E-state index contributed by atoms with van der Waals surface area (Å²) in [4.78, 5) is 31.3. The topological polar surface area (TPSA) is 90.9 Å². The van der Waals surface area contributed by atoms with E-state index < -0.39 is 10.0 Å². The van der Waals surface area contributed by atoms with E-state index in [0.717, 1.165) is 10.7 Å². The van der Waals surface area contributed by atoms with Gasteiger partial charge >= 0.3 is 0 Å². The highest BCUT2D eigenvalue weighted by Gasteiger charge is 2.32. The first-order valence-corrected chi connectivity index (χ1v) is 10.5. The average Bonchev–Trinajstić information content (AvgIpc) is 3.07. The van der Waals surface area contributed by atoms with Crippen LogP contribution in [0.15, 0.2) is 53.6 Å². The molecule has 2 aliphatic heterocycles. The molecule has 0 radical (unpaired) electrons. The molecule has 28 heavy (non-hydrogen) atoms. The molecule has 9 heteroatoms. The standard InChI is InChI=1S/C19H20N4O4S/c24-18-8-9-19(25)23(18)15-4-6-16(7-5-15)28(26,27)22-13-11-21(12-14-22)17-3-1-2-10-20-17/h1-7,10H,8-9,11-14H2. The van der Waals surface area contributed by atoms with Crippen molar-refractivity contribution in [3.63, 3.8) is 0 Å². The second-order valence-electron chi connectivity index (χ2n) is 6.70. The molecule has 0 spiro atoms. The number of amides is 2. The number of nitrogens with zero attached hydrogens (tertiary/aromatic N) is 4. The van der Waals surface area contributed by atoms with Crippen LogP contribution >= 0.6 is 0 Å². The molecular weight excluding hydrogens is 380 g/mol. The van der Waals surface area contributed by atoms with Gasteiger partial charge < -0.3 is 4.90 Å². The van der Waals surface area contributed by atoms with Crippen LogP contribution in [0.5, 0.6) is 0 Å². The maximum Gasteiger partial charge on any atom is 0.243 e. The van der Waals surface area contributed by atoms with Crippen molar-refractivity contribution in [2.24, 2.45) is 0 Å². The molecule has 0 atom stereocenters. The zero-order valence-corrected chi connectivity index (χ0v) is 16.0. The van der Waals surface area contributed by atoms with Gasteiger partial charge in [0.1, 0.15) is 5.82 Å². The molecule has 0 unspecified atom stereocenters. The number of benzene rings is 1. The molecule has 1 aromatic carbocycles. The Morgan fingerprint density at radius 1 is 0.821 bits per heavy atom. The highest BCUT2D eigenvalue weighted by atomic mass is 32.2. The molecule has 1 aromatic heterocycles. The number of rotatable bonds is 4. The van der Waals surface area contributed by atoms with E-state index in [9.17, 15) is 18.0 Å². The number of pyridine rings is 1. The lowest BCUT2D eigenvalue weighted by molar-refractivity contribution is -0.121. The summed E-state index contributed by atoms with van der Waals surface area (Å²) >= 11 is 0. The van der Waals surface area contributed by atoms with Crippen molar-refractivity contribution in [2.75, 3.05) is 36.0 Å². The molecule has 2 aromatic rings. The van der Waals surface area contributed by atoms with Crippen molar-refractivity contribution in [2.45, 2.75) is 17.7 Å². The number of anilines is 2. The van der Waals surface area contributed by atoms with E-state index in [4.69, 9.17) is 0 Å². The largest absolute Gasteiger partial charge is 0.354 e. The van der Waals surface area contributed by atoms with Crippen molar-refractivity contribution >= 4 is 33.3 Å². The third-order valence-electron chi connectivity index (χ3n) is 5.00. The molecule has 0 aliphatic carbocycles. The van der Waals surface area contributed by atoms with Crippen LogP contribution < -0.4 is 9.80 Å². The van der Waals surface area contributed by atoms with Gasteiger partial charge in [0.2, 0.25) is 21.8 Å². The molecule has 0 N–H and O–H groups in total. The SMILES string of the molecule is O=C1CCC(=O)N1c1ccc(S(=O)(=O)N2CCN(c3ccccn3)CC2)cc1. The molecule has 0 bridgehead atoms. The molecule has 2 saturated heterocycles. The van der Waals surface area contributed by atoms with E-state index in [2.05, 4.69) is 9.88 Å². The van der Waals surface area contributed by atoms with Crippen molar-refractivity contribution in [1.29, 1.82) is 0 Å². The van der Waals surface area contributed by atoms with Crippen molar-refractivity contribution in [3.05, 3.63) is 48.7 Å². The minimum absolute atomic E-state index is 0.154. The molecule has 146 valence electrons. The lowest BCUT2D eigenvalue weighted by atomic mass is 10.3. The van der Waals surface area contributed by atoms with Gasteiger partial charge in [-0.25, -0.2) is 13.4 Å². The molecule has 2 aliphatic rings. The Hall–Kier alpha value is -2.78. The monoisotopic (exact) mass is 400 g/mol. The average molecular weight is 400 g/mol. The van der Waals surface area contributed by atoms with Crippen molar-refractivity contribution < 1.29 is 18.0 Å². The zero-order valence-electron chi connectivity index (χ0n) is 15.2. The highest BCUT2D eigenvalue weighted by Crippen LogP contribution is 2.26. The molecule has 2 fully saturated rings. The smallest absolute Gasteiger partial charge is 0.243 e. The molecule has 2 amide bonds. The first kappa shape index (κ1) is 18.6. The summed E-state index contributed by atoms with van der Waals surface area (Å²) in [6, 6.07) is 11.6. The Kier molecular flexibility index (Phi) is 4.86. The lowest BCUT2D eigenvalue weighted by Crippen LogP contribution is -2.48. The van der Waals surface area contributed by atoms with E-state index in [0.29, 0.717) is 31.9 Å². The molecule has 8 nitrogen and oxygen atoms in total. The Morgan fingerprint density at radius 3 is 2.04 bits per heavy atom. The number of aromatic nitrogens is 1. The van der Waals surface area contributed by atoms with Crippen LogP contribution in [-0.2, 0) is 19.6 Å². The van der Waals surface area contributed by atoms with E-state index in [1.165, 1.54) is 28.6 Å². The Labute approximate surface area is 163 Å². The summed E-state index contributed by atoms with van der Waals surface area (Å²) in [6.45, 7) is 1.85. The predicted molar refractivity (Wildman–Crippen MR) is 103 cm³/mol. The van der Waals surface area contributed by atoms with Gasteiger partial charge in [-0.05, 0) is 36.4 Å². The zero-order chi connectivity index (χ0) is 19.7. The number of carbonyl (C=O) groups excluding carboxylic acids is 2. The van der Waals surface area contributed by atoms with Crippen LogP contribution in [0, 0.1) is 0 Å². The predicted octanol–water partition coefficient (Wildman–Crippen LogP) is 1.25. The fraction of sp³-hybridized carbons (Fsp3) is 0.316. The van der Waals surface area contributed by atoms with Crippen LogP contribution in [0.4, 0.5) is 11.5 Å². The Morgan fingerprint density at radius 2 is 1.46 bits per heavy atom. The number of carbonyl (C=O) groups is 2. The van der Waals surface area contributed by atoms with Crippen LogP contribution in [0.1, 0.15) is 12.8 Å². The fourth-order valence-corrected chi connectivity index (χ4v) is 4.90. The van der Waals surface area contributed by atoms with Crippen LogP contribution in [0.3, 0.4) is 0 Å². The van der Waals surface area contributed by atoms with Crippen LogP contribution in [-0.4, -0.2) is 55.7 Å². The summed E-state index contributed by atoms with van der Waals surface area (Å²) in [5, 5.41) is 0. The maximum absolute atomic E-state index is 12.9. The Balaban J connectivity index is 1.47. The van der Waals surface area contributed by atoms with Crippen molar-refractivity contribution in [1.82, 2.24) is 9.29 Å². The Bertz CT molecular complexity index is 968. The maximum atomic E-state index is 12.9. The van der Waals surface area contributed by atoms with Gasteiger partial charge in [0.05, 0.1) is 10.6 Å². The summed E-state index contributed by atoms with van der Waals surface area (Å²) in [5.41, 5.74) is 0.409. The number of piperazine rings is 1. The number of sulfonamides is 1. The van der Waals surface area contributed by atoms with Crippen LogP contribution in [0.2, 0.25) is 0 Å². The van der Waals surface area contributed by atoms with Gasteiger partial charge in [-0.2, -0.15) is 4.31 Å². The summed E-state index contributed by atoms with van der Waals surface area (Å²) in [6.07, 6.45) is 2.11. The normalized spacial score (nSPS) is 18.7. The van der Waals surface area contributed by atoms with Crippen LogP contribution in [0.25, 0.3) is 0 Å². The van der Waals surface area contributed by atoms with Gasteiger partial charge in [-0.15, -0.1) is 0 Å². The minimum atomic E-state index is -3.64. The number of hydrogen-bond acceptors (Lipinski definition) is 6. The minimum Gasteiger partial charge on any atom is -0.354 e. The number of imide groups is 1. The molecule has 0 saturated carbocycles. The fourth-order valence-electron chi connectivity index (χ4n) is 3.48. The third kappa shape index (κ3) is 3.38. The van der Waals surface area contributed by atoms with Gasteiger partial charge in [-0.3, -0.25) is 14.5 Å². The van der Waals surface area contributed by atoms with Crippen molar-refractivity contribution in [3.8, 4) is 0 Å². The molecule has 4 rings (SSSR count). The second kappa shape index (κ2) is 7.33. The van der Waals surface area contributed by atoms with E-state index in [1.807, 2.05) is 18.2 Å². The molecule has 3 heterocycles. The first-order chi connectivity index (χ1) is 13.5. The lowest BCUT2D eigenvalue weighted by Gasteiger charge is -2.34. The van der Waals surface area contributed by atoms with Gasteiger partial charge in [0, 0.05) is 45.2 Å². The van der Waals surface area contributed by atoms with Gasteiger partial charge in [0.25, 0.3) is 0 Å². The third-order valence-corrected chi connectivity index (χ3v) is 6.91. The van der Waals surface area contributed by atoms with Gasteiger partial charge in [0.15, 0.2) is 0 Å². The number of hydrogen-bond donors (Lipinski definition) is 0. The second-order valence-corrected chi connectivity index (χ2v) is 8.63. The highest BCUT2D eigenvalue weighted by molar-refractivity contribution is 7.89. The van der Waals surface area contributed by atoms with E-state index in [1.54, 1.807) is 6.20 Å². The van der Waals surface area contributed by atoms with E-state index in [-0.39, 0.29) is 29.6 Å². The first-order valence-electron chi connectivity index (χ1n) is 9.09. The summed E-state index contributed by atoms with van der Waals surface area (Å²) < 4.78 is 27.3. The quantitative estimate of drug-likeness (QED) is 0.718. The summed E-state index contributed by atoms with van der Waals surface area (Å²) in [5.74, 6) is 0.321. The molecular formula is C19H20N4O4S.